The second kappa shape index (κ2) is 6.77. The van der Waals surface area contributed by atoms with Crippen molar-refractivity contribution in [3.05, 3.63) is 11.1 Å². The zero-order valence-electron chi connectivity index (χ0n) is 17.1. The highest BCUT2D eigenvalue weighted by molar-refractivity contribution is 5.91. The highest BCUT2D eigenvalue weighted by atomic mass is 16.5. The van der Waals surface area contributed by atoms with Gasteiger partial charge in [-0.05, 0) is 57.8 Å². The molecule has 1 saturated carbocycles. The van der Waals surface area contributed by atoms with Gasteiger partial charge in [-0.2, -0.15) is 0 Å². The molecule has 25 heavy (non-hydrogen) atoms. The summed E-state index contributed by atoms with van der Waals surface area (Å²) in [4.78, 5) is 26.2. The molecule has 4 atom stereocenters. The lowest BCUT2D eigenvalue weighted by atomic mass is 9.56. The Morgan fingerprint density at radius 3 is 1.48 bits per heavy atom. The molecule has 0 heterocycles. The average Bonchev–Trinajstić information content (AvgIpc) is 2.96. The minimum absolute atomic E-state index is 0.0498. The molecule has 4 heteroatoms. The molecule has 0 amide bonds. The van der Waals surface area contributed by atoms with E-state index in [9.17, 15) is 9.59 Å². The monoisotopic (exact) mass is 350 g/mol. The number of rotatable bonds is 6. The van der Waals surface area contributed by atoms with Crippen molar-refractivity contribution in [3.8, 4) is 0 Å². The summed E-state index contributed by atoms with van der Waals surface area (Å²) in [5.41, 5.74) is 0.736. The van der Waals surface area contributed by atoms with Crippen LogP contribution >= 0.6 is 0 Å². The van der Waals surface area contributed by atoms with Crippen molar-refractivity contribution < 1.29 is 19.1 Å². The Morgan fingerprint density at radius 1 is 0.880 bits per heavy atom. The first-order valence-corrected chi connectivity index (χ1v) is 9.49. The lowest BCUT2D eigenvalue weighted by molar-refractivity contribution is -0.182. The Kier molecular flexibility index (Phi) is 5.42. The molecule has 0 aromatic carbocycles. The molecule has 0 saturated heterocycles. The summed E-state index contributed by atoms with van der Waals surface area (Å²) >= 11 is 0. The van der Waals surface area contributed by atoms with Crippen molar-refractivity contribution in [1.29, 1.82) is 0 Å². The molecule has 2 rings (SSSR count). The topological polar surface area (TPSA) is 52.6 Å². The van der Waals surface area contributed by atoms with E-state index >= 15 is 0 Å². The van der Waals surface area contributed by atoms with Crippen LogP contribution < -0.4 is 0 Å². The third-order valence-corrected chi connectivity index (χ3v) is 6.56. The van der Waals surface area contributed by atoms with Crippen LogP contribution in [0.5, 0.6) is 0 Å². The number of carbonyl (C=O) groups is 2. The van der Waals surface area contributed by atoms with Crippen molar-refractivity contribution in [3.63, 3.8) is 0 Å². The minimum atomic E-state index is -0.871. The maximum atomic E-state index is 13.1. The number of fused-ring (bicyclic) bond motifs is 2. The third kappa shape index (κ3) is 2.92. The number of carbonyl (C=O) groups excluding carboxylic acids is 2. The van der Waals surface area contributed by atoms with Crippen LogP contribution in [0.2, 0.25) is 0 Å². The molecule has 2 unspecified atom stereocenters. The predicted molar refractivity (Wildman–Crippen MR) is 97.8 cm³/mol. The molecule has 4 nitrogen and oxygen atoms in total. The van der Waals surface area contributed by atoms with Crippen molar-refractivity contribution in [2.24, 2.45) is 34.5 Å². The Hall–Kier alpha value is -1.32. The summed E-state index contributed by atoms with van der Waals surface area (Å²) in [6, 6.07) is 0. The fraction of sp³-hybridized carbons (Fsp3) is 0.810. The zero-order valence-corrected chi connectivity index (χ0v) is 17.1. The molecular weight excluding hydrogens is 316 g/mol. The molecule has 2 aliphatic rings. The van der Waals surface area contributed by atoms with Crippen molar-refractivity contribution >= 4 is 11.9 Å². The molecule has 0 aromatic rings. The van der Waals surface area contributed by atoms with E-state index in [-0.39, 0.29) is 35.6 Å². The van der Waals surface area contributed by atoms with E-state index in [2.05, 4.69) is 13.8 Å². The van der Waals surface area contributed by atoms with Gasteiger partial charge in [-0.1, -0.05) is 38.8 Å². The molecule has 0 radical (unpaired) electrons. The van der Waals surface area contributed by atoms with Gasteiger partial charge in [0.1, 0.15) is 0 Å². The summed E-state index contributed by atoms with van der Waals surface area (Å²) in [7, 11) is 0. The highest BCUT2D eigenvalue weighted by Gasteiger charge is 2.72. The molecule has 2 bridgehead atoms. The lowest BCUT2D eigenvalue weighted by Gasteiger charge is -2.46. The van der Waals surface area contributed by atoms with Crippen molar-refractivity contribution in [1.82, 2.24) is 0 Å². The summed E-state index contributed by atoms with van der Waals surface area (Å²) in [5, 5.41) is 0. The smallest absolute Gasteiger partial charge is 0.313 e. The molecule has 0 spiro atoms. The molecule has 0 N–H and O–H groups in total. The van der Waals surface area contributed by atoms with Crippen LogP contribution in [-0.4, -0.2) is 25.2 Å². The van der Waals surface area contributed by atoms with Gasteiger partial charge in [0.05, 0.1) is 24.0 Å². The summed E-state index contributed by atoms with van der Waals surface area (Å²) < 4.78 is 11.3. The first-order chi connectivity index (χ1) is 11.5. The van der Waals surface area contributed by atoms with Gasteiger partial charge in [0.25, 0.3) is 0 Å². The van der Waals surface area contributed by atoms with Gasteiger partial charge in [-0.25, -0.2) is 0 Å². The van der Waals surface area contributed by atoms with Gasteiger partial charge in [0.15, 0.2) is 0 Å². The number of hydrogen-bond donors (Lipinski definition) is 0. The Bertz CT molecular complexity index is 539. The number of esters is 2. The molecule has 142 valence electrons. The Morgan fingerprint density at radius 2 is 1.20 bits per heavy atom. The standard InChI is InChI=1S/C21H34O4/c1-12(2)10-24-18(22)20(7)16-9-17(15(6)14(16)5)21(20,8)19(23)25-11-13(3)4/h12-13,16-17H,9-11H2,1-8H3/t16-,17-,20?,21?/m0/s1. The third-order valence-electron chi connectivity index (χ3n) is 6.56. The number of ether oxygens (including phenoxy) is 2. The fourth-order valence-electron chi connectivity index (χ4n) is 4.69. The highest BCUT2D eigenvalue weighted by Crippen LogP contribution is 2.68. The summed E-state index contributed by atoms with van der Waals surface area (Å²) in [5.74, 6) is 0.115. The second-order valence-corrected chi connectivity index (χ2v) is 9.10. The fourth-order valence-corrected chi connectivity index (χ4v) is 4.69. The van der Waals surface area contributed by atoms with E-state index in [1.165, 1.54) is 11.1 Å². The molecular formula is C21H34O4. The quantitative estimate of drug-likeness (QED) is 0.527. The Labute approximate surface area is 152 Å². The maximum absolute atomic E-state index is 13.1. The van der Waals surface area contributed by atoms with Gasteiger partial charge in [-0.3, -0.25) is 9.59 Å². The van der Waals surface area contributed by atoms with Crippen LogP contribution in [0.4, 0.5) is 0 Å². The van der Waals surface area contributed by atoms with Crippen LogP contribution in [0, 0.1) is 34.5 Å². The van der Waals surface area contributed by atoms with E-state index in [1.807, 2.05) is 41.5 Å². The predicted octanol–water partition coefficient (Wildman–Crippen LogP) is 4.38. The largest absolute Gasteiger partial charge is 0.465 e. The number of hydrogen-bond acceptors (Lipinski definition) is 4. The summed E-state index contributed by atoms with van der Waals surface area (Å²) in [6.07, 6.45) is 0.832. The SMILES string of the molecule is CC1=C(C)[C@@H]2C[C@@H]1C(C)(C(=O)OCC(C)C)C2(C)C(=O)OCC(C)C. The first-order valence-electron chi connectivity index (χ1n) is 9.49. The lowest BCUT2D eigenvalue weighted by Crippen LogP contribution is -2.54. The van der Waals surface area contributed by atoms with Crippen molar-refractivity contribution in [2.45, 2.75) is 61.8 Å². The zero-order chi connectivity index (χ0) is 19.2. The van der Waals surface area contributed by atoms with Crippen LogP contribution in [-0.2, 0) is 19.1 Å². The maximum Gasteiger partial charge on any atom is 0.313 e. The minimum Gasteiger partial charge on any atom is -0.465 e. The van der Waals surface area contributed by atoms with Gasteiger partial charge in [0, 0.05) is 0 Å². The van der Waals surface area contributed by atoms with Gasteiger partial charge >= 0.3 is 11.9 Å². The van der Waals surface area contributed by atoms with Crippen LogP contribution in [0.3, 0.4) is 0 Å². The van der Waals surface area contributed by atoms with E-state index < -0.39 is 10.8 Å². The van der Waals surface area contributed by atoms with E-state index in [0.29, 0.717) is 13.2 Å². The van der Waals surface area contributed by atoms with Gasteiger partial charge < -0.3 is 9.47 Å². The normalized spacial score (nSPS) is 34.2. The second-order valence-electron chi connectivity index (χ2n) is 9.10. The first kappa shape index (κ1) is 20.0. The average molecular weight is 350 g/mol. The molecule has 1 fully saturated rings. The molecule has 2 aliphatic carbocycles. The van der Waals surface area contributed by atoms with E-state index in [1.54, 1.807) is 0 Å². The van der Waals surface area contributed by atoms with Crippen molar-refractivity contribution in [2.75, 3.05) is 13.2 Å². The van der Waals surface area contributed by atoms with Gasteiger partial charge in [0.2, 0.25) is 0 Å². The van der Waals surface area contributed by atoms with Crippen LogP contribution in [0.25, 0.3) is 0 Å². The van der Waals surface area contributed by atoms with E-state index in [0.717, 1.165) is 6.42 Å². The molecule has 0 aromatic heterocycles. The van der Waals surface area contributed by atoms with Crippen LogP contribution in [0.15, 0.2) is 11.1 Å². The van der Waals surface area contributed by atoms with E-state index in [4.69, 9.17) is 9.47 Å². The summed E-state index contributed by atoms with van der Waals surface area (Å²) in [6.45, 7) is 16.8. The van der Waals surface area contributed by atoms with Gasteiger partial charge in [-0.15, -0.1) is 0 Å². The number of allylic oxidation sites excluding steroid dienone is 2. The Balaban J connectivity index is 2.40. The molecule has 0 aliphatic heterocycles. The van der Waals surface area contributed by atoms with Crippen LogP contribution in [0.1, 0.15) is 61.8 Å².